The number of halogens is 1. The smallest absolute Gasteiger partial charge is 0.259 e. The van der Waals surface area contributed by atoms with E-state index in [-0.39, 0.29) is 11.8 Å². The first kappa shape index (κ1) is 18.2. The zero-order valence-corrected chi connectivity index (χ0v) is 16.0. The third kappa shape index (κ3) is 3.36. The Morgan fingerprint density at radius 1 is 1.25 bits per heavy atom. The summed E-state index contributed by atoms with van der Waals surface area (Å²) in [6, 6.07) is 10.6. The first-order valence-electron chi connectivity index (χ1n) is 8.92. The molecular weight excluding hydrogens is 378 g/mol. The van der Waals surface area contributed by atoms with E-state index in [0.29, 0.717) is 46.4 Å². The molecule has 0 atom stereocenters. The van der Waals surface area contributed by atoms with Crippen LogP contribution in [0, 0.1) is 6.92 Å². The van der Waals surface area contributed by atoms with Crippen LogP contribution < -0.4 is 10.2 Å². The molecule has 0 bridgehead atoms. The van der Waals surface area contributed by atoms with Gasteiger partial charge >= 0.3 is 0 Å². The molecule has 3 heterocycles. The van der Waals surface area contributed by atoms with Crippen molar-refractivity contribution in [2.24, 2.45) is 0 Å². The number of benzene rings is 1. The van der Waals surface area contributed by atoms with Gasteiger partial charge in [0.1, 0.15) is 0 Å². The molecule has 0 aliphatic carbocycles. The second-order valence-electron chi connectivity index (χ2n) is 6.51. The van der Waals surface area contributed by atoms with Crippen LogP contribution in [0.1, 0.15) is 28.9 Å². The predicted octanol–water partition coefficient (Wildman–Crippen LogP) is 3.61. The summed E-state index contributed by atoms with van der Waals surface area (Å²) >= 11 is 6.35. The van der Waals surface area contributed by atoms with Crippen LogP contribution >= 0.6 is 11.6 Å². The summed E-state index contributed by atoms with van der Waals surface area (Å²) in [5, 5.41) is 7.52. The fourth-order valence-electron chi connectivity index (χ4n) is 3.25. The van der Waals surface area contributed by atoms with Gasteiger partial charge in [-0.05, 0) is 43.7 Å². The van der Waals surface area contributed by atoms with E-state index in [1.54, 1.807) is 34.0 Å². The van der Waals surface area contributed by atoms with E-state index in [4.69, 9.17) is 11.6 Å². The van der Waals surface area contributed by atoms with Gasteiger partial charge in [-0.25, -0.2) is 9.67 Å². The lowest BCUT2D eigenvalue weighted by Crippen LogP contribution is -2.24. The minimum absolute atomic E-state index is 0.0660. The molecule has 0 saturated carbocycles. The number of hydrogen-bond donors (Lipinski definition) is 1. The van der Waals surface area contributed by atoms with Crippen molar-refractivity contribution >= 4 is 34.8 Å². The molecule has 0 spiro atoms. The molecule has 1 aliphatic heterocycles. The van der Waals surface area contributed by atoms with Gasteiger partial charge in [0.25, 0.3) is 5.91 Å². The molecule has 8 heteroatoms. The molecule has 4 rings (SSSR count). The second-order valence-corrected chi connectivity index (χ2v) is 6.92. The largest absolute Gasteiger partial charge is 0.322 e. The van der Waals surface area contributed by atoms with Crippen LogP contribution in [0.5, 0.6) is 0 Å². The Morgan fingerprint density at radius 2 is 2.11 bits per heavy atom. The van der Waals surface area contributed by atoms with Gasteiger partial charge in [0, 0.05) is 24.8 Å². The van der Waals surface area contributed by atoms with E-state index in [9.17, 15) is 9.59 Å². The minimum atomic E-state index is -0.291. The van der Waals surface area contributed by atoms with Crippen molar-refractivity contribution < 1.29 is 9.59 Å². The molecule has 7 nitrogen and oxygen atoms in total. The highest BCUT2D eigenvalue weighted by Crippen LogP contribution is 2.32. The van der Waals surface area contributed by atoms with Gasteiger partial charge in [-0.15, -0.1) is 0 Å². The zero-order valence-electron chi connectivity index (χ0n) is 15.2. The molecule has 1 aliphatic rings. The van der Waals surface area contributed by atoms with Crippen LogP contribution in [0.2, 0.25) is 5.02 Å². The van der Waals surface area contributed by atoms with Crippen LogP contribution in [0.4, 0.5) is 11.4 Å². The van der Waals surface area contributed by atoms with Crippen LogP contribution in [0.3, 0.4) is 0 Å². The summed E-state index contributed by atoms with van der Waals surface area (Å²) in [7, 11) is 0. The van der Waals surface area contributed by atoms with E-state index in [2.05, 4.69) is 15.4 Å². The highest BCUT2D eigenvalue weighted by atomic mass is 35.5. The summed E-state index contributed by atoms with van der Waals surface area (Å²) in [4.78, 5) is 30.5. The fourth-order valence-corrected chi connectivity index (χ4v) is 3.53. The molecule has 1 saturated heterocycles. The summed E-state index contributed by atoms with van der Waals surface area (Å²) in [6.07, 6.45) is 4.55. The van der Waals surface area contributed by atoms with E-state index < -0.39 is 0 Å². The molecular formula is C20H18ClN5O2. The van der Waals surface area contributed by atoms with Crippen LogP contribution in [-0.4, -0.2) is 33.1 Å². The molecule has 2 amide bonds. The number of rotatable bonds is 4. The van der Waals surface area contributed by atoms with E-state index in [1.807, 2.05) is 25.1 Å². The first-order valence-corrected chi connectivity index (χ1v) is 9.29. The standard InChI is InChI=1S/C20H18ClN5O2/c1-13-15(12-23-26(13)18-5-2-3-9-22-18)20(28)24-14-7-8-17(16(21)11-14)25-10-4-6-19(25)27/h2-3,5,7-9,11-12H,4,6,10H2,1H3,(H,24,28). The average molecular weight is 396 g/mol. The third-order valence-electron chi connectivity index (χ3n) is 4.69. The Morgan fingerprint density at radius 3 is 2.79 bits per heavy atom. The third-order valence-corrected chi connectivity index (χ3v) is 4.99. The maximum absolute atomic E-state index is 12.7. The molecule has 28 heavy (non-hydrogen) atoms. The van der Waals surface area contributed by atoms with Gasteiger partial charge in [0.05, 0.1) is 28.2 Å². The Bertz CT molecular complexity index is 1050. The van der Waals surface area contributed by atoms with Crippen molar-refractivity contribution in [3.63, 3.8) is 0 Å². The molecule has 1 aromatic carbocycles. The number of hydrogen-bond acceptors (Lipinski definition) is 4. The van der Waals surface area contributed by atoms with Crippen molar-refractivity contribution in [1.82, 2.24) is 14.8 Å². The summed E-state index contributed by atoms with van der Waals surface area (Å²) in [5.74, 6) is 0.415. The topological polar surface area (TPSA) is 80.1 Å². The molecule has 1 fully saturated rings. The van der Waals surface area contributed by atoms with Crippen molar-refractivity contribution in [2.45, 2.75) is 19.8 Å². The van der Waals surface area contributed by atoms with E-state index >= 15 is 0 Å². The highest BCUT2D eigenvalue weighted by Gasteiger charge is 2.24. The van der Waals surface area contributed by atoms with Crippen molar-refractivity contribution in [3.8, 4) is 5.82 Å². The van der Waals surface area contributed by atoms with Crippen molar-refractivity contribution in [3.05, 3.63) is 65.1 Å². The Kier molecular flexibility index (Phi) is 4.83. The molecule has 142 valence electrons. The van der Waals surface area contributed by atoms with Gasteiger partial charge in [-0.3, -0.25) is 9.59 Å². The first-order chi connectivity index (χ1) is 13.5. The quantitative estimate of drug-likeness (QED) is 0.731. The van der Waals surface area contributed by atoms with E-state index in [1.165, 1.54) is 6.20 Å². The predicted molar refractivity (Wildman–Crippen MR) is 107 cm³/mol. The second kappa shape index (κ2) is 7.44. The highest BCUT2D eigenvalue weighted by molar-refractivity contribution is 6.34. The van der Waals surface area contributed by atoms with Gasteiger partial charge in [0.2, 0.25) is 5.91 Å². The number of pyridine rings is 1. The fraction of sp³-hybridized carbons (Fsp3) is 0.200. The normalized spacial score (nSPS) is 13.8. The number of nitrogens with zero attached hydrogens (tertiary/aromatic N) is 4. The average Bonchev–Trinajstić information content (AvgIpc) is 3.28. The number of amides is 2. The molecule has 1 N–H and O–H groups in total. The van der Waals surface area contributed by atoms with Gasteiger partial charge in [0.15, 0.2) is 5.82 Å². The number of aromatic nitrogens is 3. The number of anilines is 2. The Balaban J connectivity index is 1.54. The maximum atomic E-state index is 12.7. The zero-order chi connectivity index (χ0) is 19.7. The monoisotopic (exact) mass is 395 g/mol. The lowest BCUT2D eigenvalue weighted by molar-refractivity contribution is -0.117. The molecule has 0 unspecified atom stereocenters. The Labute approximate surface area is 166 Å². The minimum Gasteiger partial charge on any atom is -0.322 e. The van der Waals surface area contributed by atoms with Gasteiger partial charge < -0.3 is 10.2 Å². The number of carbonyl (C=O) groups is 2. The molecule has 0 radical (unpaired) electrons. The summed E-state index contributed by atoms with van der Waals surface area (Å²) in [6.45, 7) is 2.47. The SMILES string of the molecule is Cc1c(C(=O)Nc2ccc(N3CCCC3=O)c(Cl)c2)cnn1-c1ccccn1. The molecule has 2 aromatic heterocycles. The van der Waals surface area contributed by atoms with Crippen LogP contribution in [0.25, 0.3) is 5.82 Å². The maximum Gasteiger partial charge on any atom is 0.259 e. The lowest BCUT2D eigenvalue weighted by Gasteiger charge is -2.18. The van der Waals surface area contributed by atoms with Crippen LogP contribution in [0.15, 0.2) is 48.8 Å². The lowest BCUT2D eigenvalue weighted by atomic mass is 10.2. The number of nitrogens with one attached hydrogen (secondary N) is 1. The van der Waals surface area contributed by atoms with Gasteiger partial charge in [-0.1, -0.05) is 17.7 Å². The van der Waals surface area contributed by atoms with Gasteiger partial charge in [-0.2, -0.15) is 5.10 Å². The number of carbonyl (C=O) groups excluding carboxylic acids is 2. The molecule has 3 aromatic rings. The van der Waals surface area contributed by atoms with Crippen molar-refractivity contribution in [1.29, 1.82) is 0 Å². The van der Waals surface area contributed by atoms with Crippen molar-refractivity contribution in [2.75, 3.05) is 16.8 Å². The summed E-state index contributed by atoms with van der Waals surface area (Å²) in [5.41, 5.74) is 2.35. The van der Waals surface area contributed by atoms with Crippen LogP contribution in [-0.2, 0) is 4.79 Å². The van der Waals surface area contributed by atoms with E-state index in [0.717, 1.165) is 6.42 Å². The Hall–Kier alpha value is -3.19. The summed E-state index contributed by atoms with van der Waals surface area (Å²) < 4.78 is 1.62.